The van der Waals surface area contributed by atoms with E-state index in [0.29, 0.717) is 13.2 Å². The maximum absolute atomic E-state index is 12.8. The number of methoxy groups -OCH3 is 1. The number of hydrogen-bond donors (Lipinski definition) is 0. The zero-order valence-electron chi connectivity index (χ0n) is 21.6. The minimum absolute atomic E-state index is 0.0411. The summed E-state index contributed by atoms with van der Waals surface area (Å²) in [4.78, 5) is 26.7. The highest BCUT2D eigenvalue weighted by molar-refractivity contribution is 5.77. The second kappa shape index (κ2) is 12.5. The summed E-state index contributed by atoms with van der Waals surface area (Å²) < 4.78 is 11.0. The Bertz CT molecular complexity index is 1140. The molecule has 1 fully saturated rings. The predicted molar refractivity (Wildman–Crippen MR) is 141 cm³/mol. The van der Waals surface area contributed by atoms with Gasteiger partial charge < -0.3 is 19.3 Å². The van der Waals surface area contributed by atoms with Crippen molar-refractivity contribution in [2.75, 3.05) is 44.8 Å². The van der Waals surface area contributed by atoms with Gasteiger partial charge in [-0.1, -0.05) is 49.4 Å². The Kier molecular flexibility index (Phi) is 8.90. The number of ether oxygens (including phenoxy) is 2. The summed E-state index contributed by atoms with van der Waals surface area (Å²) in [6.07, 6.45) is 2.49. The first-order valence-electron chi connectivity index (χ1n) is 12.7. The van der Waals surface area contributed by atoms with E-state index >= 15 is 0 Å². The summed E-state index contributed by atoms with van der Waals surface area (Å²) in [6, 6.07) is 18.1. The van der Waals surface area contributed by atoms with E-state index in [1.807, 2.05) is 54.3 Å². The Morgan fingerprint density at radius 1 is 0.944 bits per heavy atom. The van der Waals surface area contributed by atoms with E-state index in [2.05, 4.69) is 24.0 Å². The van der Waals surface area contributed by atoms with Gasteiger partial charge in [-0.3, -0.25) is 4.79 Å². The summed E-state index contributed by atoms with van der Waals surface area (Å²) in [6.45, 7) is 7.61. The molecule has 0 saturated carbocycles. The first kappa shape index (κ1) is 25.6. The van der Waals surface area contributed by atoms with E-state index in [4.69, 9.17) is 19.4 Å². The lowest BCUT2D eigenvalue weighted by molar-refractivity contribution is -0.136. The second-order valence-corrected chi connectivity index (χ2v) is 9.10. The highest BCUT2D eigenvalue weighted by Gasteiger charge is 2.23. The minimum Gasteiger partial charge on any atom is -0.497 e. The van der Waals surface area contributed by atoms with Crippen molar-refractivity contribution in [1.29, 1.82) is 0 Å². The van der Waals surface area contributed by atoms with Crippen molar-refractivity contribution in [2.45, 2.75) is 39.7 Å². The third-order valence-electron chi connectivity index (χ3n) is 6.54. The van der Waals surface area contributed by atoms with Crippen molar-refractivity contribution >= 4 is 11.7 Å². The van der Waals surface area contributed by atoms with E-state index in [1.165, 1.54) is 11.1 Å². The second-order valence-electron chi connectivity index (χ2n) is 9.10. The molecule has 1 aliphatic rings. The molecule has 1 saturated heterocycles. The summed E-state index contributed by atoms with van der Waals surface area (Å²) in [5, 5.41) is 0. The lowest BCUT2D eigenvalue weighted by Gasteiger charge is -2.26. The summed E-state index contributed by atoms with van der Waals surface area (Å²) in [5.41, 5.74) is 4.52. The van der Waals surface area contributed by atoms with Crippen LogP contribution in [0.4, 0.5) is 5.82 Å². The first-order chi connectivity index (χ1) is 17.6. The molecular formula is C29H36N4O3. The maximum Gasteiger partial charge on any atom is 0.248 e. The van der Waals surface area contributed by atoms with Gasteiger partial charge in [0.05, 0.1) is 13.7 Å². The first-order valence-corrected chi connectivity index (χ1v) is 12.7. The fourth-order valence-electron chi connectivity index (χ4n) is 4.62. The molecule has 2 aromatic carbocycles. The monoisotopic (exact) mass is 488 g/mol. The molecule has 7 nitrogen and oxygen atoms in total. The number of carbonyl (C=O) groups is 1. The van der Waals surface area contributed by atoms with Gasteiger partial charge in [0.1, 0.15) is 24.0 Å². The third kappa shape index (κ3) is 6.61. The van der Waals surface area contributed by atoms with Gasteiger partial charge in [-0.2, -0.15) is 0 Å². The number of aryl methyl sites for hydroxylation is 2. The van der Waals surface area contributed by atoms with Crippen molar-refractivity contribution in [3.05, 3.63) is 82.8 Å². The molecular weight excluding hydrogens is 452 g/mol. The van der Waals surface area contributed by atoms with Crippen molar-refractivity contribution in [1.82, 2.24) is 14.9 Å². The van der Waals surface area contributed by atoms with Crippen molar-refractivity contribution < 1.29 is 14.3 Å². The molecule has 2 heterocycles. The normalized spacial score (nSPS) is 14.0. The average Bonchev–Trinajstić information content (AvgIpc) is 3.17. The SMILES string of the molecule is CCc1nc(C)nc(N2CCCN(C(=O)COCc3ccccc3)CC2)c1Cc1ccc(OC)cc1. The van der Waals surface area contributed by atoms with Crippen molar-refractivity contribution in [3.63, 3.8) is 0 Å². The number of nitrogens with zero attached hydrogens (tertiary/aromatic N) is 4. The molecule has 0 unspecified atom stereocenters. The maximum atomic E-state index is 12.8. The van der Waals surface area contributed by atoms with Gasteiger partial charge in [-0.15, -0.1) is 0 Å². The topological polar surface area (TPSA) is 67.8 Å². The van der Waals surface area contributed by atoms with Crippen LogP contribution in [0.25, 0.3) is 0 Å². The lowest BCUT2D eigenvalue weighted by atomic mass is 10.0. The number of rotatable bonds is 9. The lowest BCUT2D eigenvalue weighted by Crippen LogP contribution is -2.37. The average molecular weight is 489 g/mol. The van der Waals surface area contributed by atoms with E-state index < -0.39 is 0 Å². The van der Waals surface area contributed by atoms with Gasteiger partial charge in [0.2, 0.25) is 5.91 Å². The third-order valence-corrected chi connectivity index (χ3v) is 6.54. The van der Waals surface area contributed by atoms with Gasteiger partial charge >= 0.3 is 0 Å². The smallest absolute Gasteiger partial charge is 0.248 e. The van der Waals surface area contributed by atoms with Crippen LogP contribution in [-0.4, -0.2) is 60.7 Å². The summed E-state index contributed by atoms with van der Waals surface area (Å²) in [5.74, 6) is 2.66. The van der Waals surface area contributed by atoms with Crippen LogP contribution < -0.4 is 9.64 Å². The quantitative estimate of drug-likeness (QED) is 0.450. The molecule has 36 heavy (non-hydrogen) atoms. The van der Waals surface area contributed by atoms with E-state index in [9.17, 15) is 4.79 Å². The number of carbonyl (C=O) groups excluding carboxylic acids is 1. The van der Waals surface area contributed by atoms with Crippen LogP contribution >= 0.6 is 0 Å². The van der Waals surface area contributed by atoms with Crippen LogP contribution in [0.5, 0.6) is 5.75 Å². The molecule has 4 rings (SSSR count). The van der Waals surface area contributed by atoms with Gasteiger partial charge in [-0.05, 0) is 43.0 Å². The van der Waals surface area contributed by atoms with Gasteiger partial charge in [-0.25, -0.2) is 9.97 Å². The van der Waals surface area contributed by atoms with Crippen LogP contribution in [0.3, 0.4) is 0 Å². The number of hydrogen-bond acceptors (Lipinski definition) is 6. The molecule has 0 spiro atoms. The number of amides is 1. The molecule has 190 valence electrons. The Balaban J connectivity index is 1.44. The van der Waals surface area contributed by atoms with Crippen LogP contribution in [0, 0.1) is 6.92 Å². The molecule has 0 N–H and O–H groups in total. The highest BCUT2D eigenvalue weighted by atomic mass is 16.5. The standard InChI is InChI=1S/C29H36N4O3/c1-4-27-26(19-23-11-13-25(35-3)14-12-23)29(31-22(2)30-27)33-16-8-15-32(17-18-33)28(34)21-36-20-24-9-6-5-7-10-24/h5-7,9-14H,4,8,15-21H2,1-3H3. The van der Waals surface area contributed by atoms with E-state index in [1.54, 1.807) is 7.11 Å². The molecule has 0 radical (unpaired) electrons. The molecule has 0 aliphatic carbocycles. The Morgan fingerprint density at radius 3 is 2.44 bits per heavy atom. The minimum atomic E-state index is 0.0411. The molecule has 1 aliphatic heterocycles. The van der Waals surface area contributed by atoms with Crippen LogP contribution in [0.2, 0.25) is 0 Å². The fourth-order valence-corrected chi connectivity index (χ4v) is 4.62. The van der Waals surface area contributed by atoms with Crippen molar-refractivity contribution in [2.24, 2.45) is 0 Å². The number of anilines is 1. The number of aromatic nitrogens is 2. The van der Waals surface area contributed by atoms with E-state index in [-0.39, 0.29) is 12.5 Å². The Hall–Kier alpha value is -3.45. The molecule has 3 aromatic rings. The zero-order valence-corrected chi connectivity index (χ0v) is 21.6. The molecule has 7 heteroatoms. The molecule has 0 atom stereocenters. The predicted octanol–water partition coefficient (Wildman–Crippen LogP) is 4.20. The summed E-state index contributed by atoms with van der Waals surface area (Å²) in [7, 11) is 1.68. The van der Waals surface area contributed by atoms with Gasteiger partial charge in [0.25, 0.3) is 0 Å². The van der Waals surface area contributed by atoms with E-state index in [0.717, 1.165) is 67.5 Å². The number of benzene rings is 2. The Labute approximate surface area is 214 Å². The Morgan fingerprint density at radius 2 is 1.72 bits per heavy atom. The van der Waals surface area contributed by atoms with Crippen molar-refractivity contribution in [3.8, 4) is 5.75 Å². The zero-order chi connectivity index (χ0) is 25.3. The van der Waals surface area contributed by atoms with Crippen LogP contribution in [0.1, 0.15) is 41.6 Å². The van der Waals surface area contributed by atoms with Crippen LogP contribution in [-0.2, 0) is 29.0 Å². The molecule has 1 aromatic heterocycles. The largest absolute Gasteiger partial charge is 0.497 e. The fraction of sp³-hybridized carbons (Fsp3) is 0.414. The summed E-state index contributed by atoms with van der Waals surface area (Å²) >= 11 is 0. The molecule has 0 bridgehead atoms. The van der Waals surface area contributed by atoms with Crippen LogP contribution in [0.15, 0.2) is 54.6 Å². The van der Waals surface area contributed by atoms with Gasteiger partial charge in [0, 0.05) is 43.9 Å². The highest BCUT2D eigenvalue weighted by Crippen LogP contribution is 2.26. The van der Waals surface area contributed by atoms with Gasteiger partial charge in [0.15, 0.2) is 0 Å². The molecule has 1 amide bonds.